The lowest BCUT2D eigenvalue weighted by atomic mass is 9.94. The van der Waals surface area contributed by atoms with Gasteiger partial charge >= 0.3 is 17.8 Å². The summed E-state index contributed by atoms with van der Waals surface area (Å²) < 4.78 is 96.9. The van der Waals surface area contributed by atoms with Crippen molar-refractivity contribution >= 4 is 45.2 Å². The summed E-state index contributed by atoms with van der Waals surface area (Å²) in [5, 5.41) is 11.2. The summed E-state index contributed by atoms with van der Waals surface area (Å²) >= 11 is 1.80. The van der Waals surface area contributed by atoms with Crippen LogP contribution < -0.4 is 4.90 Å². The lowest BCUT2D eigenvalue weighted by molar-refractivity contribution is -0.384. The first-order chi connectivity index (χ1) is 26.2. The molecule has 1 aliphatic carbocycles. The van der Waals surface area contributed by atoms with Gasteiger partial charge in [-0.25, -0.2) is 0 Å². The first-order valence-electron chi connectivity index (χ1n) is 16.5. The first kappa shape index (κ1) is 37.2. The fourth-order valence-electron chi connectivity index (χ4n) is 6.03. The Morgan fingerprint density at radius 3 is 1.36 bits per heavy atom. The molecule has 4 aromatic carbocycles. The van der Waals surface area contributed by atoms with E-state index in [0.717, 1.165) is 28.4 Å². The molecule has 274 valence electrons. The molecule has 0 fully saturated rings. The Morgan fingerprint density at radius 2 is 0.982 bits per heavy atom. The van der Waals surface area contributed by atoms with E-state index in [4.69, 9.17) is 0 Å². The summed E-state index contributed by atoms with van der Waals surface area (Å²) in [4.78, 5) is 12.8. The average Bonchev–Trinajstić information content (AvgIpc) is 3.82. The molecule has 0 amide bonds. The van der Waals surface area contributed by atoms with Crippen LogP contribution in [0.3, 0.4) is 0 Å². The first-order valence-corrected chi connectivity index (χ1v) is 18.2. The number of rotatable bonds is 6. The Kier molecular flexibility index (Phi) is 9.68. The van der Waals surface area contributed by atoms with Crippen molar-refractivity contribution in [2.24, 2.45) is 0 Å². The van der Waals surface area contributed by atoms with E-state index in [-0.39, 0.29) is 21.0 Å². The van der Waals surface area contributed by atoms with Crippen molar-refractivity contribution in [2.45, 2.75) is 17.8 Å². The highest BCUT2D eigenvalue weighted by Gasteiger charge is 2.80. The number of anilines is 1. The normalized spacial score (nSPS) is 15.1. The van der Waals surface area contributed by atoms with Crippen molar-refractivity contribution in [3.8, 4) is 44.6 Å². The maximum atomic E-state index is 16.4. The van der Waals surface area contributed by atoms with E-state index in [0.29, 0.717) is 26.4 Å². The summed E-state index contributed by atoms with van der Waals surface area (Å²) in [5.74, 6) is -5.32. The van der Waals surface area contributed by atoms with Gasteiger partial charge in [0.2, 0.25) is 0 Å². The van der Waals surface area contributed by atoms with Crippen LogP contribution in [-0.4, -0.2) is 36.8 Å². The van der Waals surface area contributed by atoms with E-state index in [9.17, 15) is 10.1 Å². The van der Waals surface area contributed by atoms with Crippen molar-refractivity contribution in [1.82, 2.24) is 0 Å². The Bertz CT molecular complexity index is 2570. The molecule has 0 radical (unpaired) electrons. The minimum atomic E-state index is -5.83. The topological polar surface area (TPSA) is 46.4 Å². The standard InChI is InChI=1S/C43H26F6N2O2S2/c1-50(2)31-19-13-27(14-20-31)17-23-35-33(25-37(54-35)29-9-5-3-6-10-29)39-40(42(46,47)43(48,49)41(39,44)45)34-26-38(30-11-7-4-8-12-30)55-36(34)24-18-28-15-21-32(22-16-28)51(52)53/h3-16,19-22,25-26H,1-2H3. The Balaban J connectivity index is 1.50. The number of nitrogens with zero attached hydrogens (tertiary/aromatic N) is 2. The van der Waals surface area contributed by atoms with Gasteiger partial charge in [-0.05, 0) is 59.7 Å². The summed E-state index contributed by atoms with van der Waals surface area (Å²) in [6.45, 7) is 0. The van der Waals surface area contributed by atoms with Crippen molar-refractivity contribution in [2.75, 3.05) is 19.0 Å². The minimum Gasteiger partial charge on any atom is -0.378 e. The fraction of sp³-hybridized carbons (Fsp3) is 0.116. The number of hydrogen-bond acceptors (Lipinski definition) is 5. The molecule has 2 heterocycles. The average molecular weight is 781 g/mol. The predicted octanol–water partition coefficient (Wildman–Crippen LogP) is 11.7. The molecule has 0 saturated heterocycles. The van der Waals surface area contributed by atoms with Gasteiger partial charge in [0.05, 0.1) is 14.7 Å². The lowest BCUT2D eigenvalue weighted by Gasteiger charge is -2.25. The summed E-state index contributed by atoms with van der Waals surface area (Å²) in [5.41, 5.74) is -1.75. The number of thiophene rings is 2. The third-order valence-corrected chi connectivity index (χ3v) is 11.1. The highest BCUT2D eigenvalue weighted by atomic mass is 32.1. The van der Waals surface area contributed by atoms with E-state index in [1.165, 1.54) is 36.4 Å². The number of hydrogen-bond donors (Lipinski definition) is 0. The molecule has 6 aromatic rings. The summed E-state index contributed by atoms with van der Waals surface area (Å²) in [7, 11) is 3.71. The van der Waals surface area contributed by atoms with Crippen molar-refractivity contribution in [3.63, 3.8) is 0 Å². The Labute approximate surface area is 320 Å². The zero-order valence-electron chi connectivity index (χ0n) is 28.8. The van der Waals surface area contributed by atoms with Gasteiger partial charge in [-0.1, -0.05) is 84.3 Å². The molecule has 12 heteroatoms. The van der Waals surface area contributed by atoms with Crippen LogP contribution in [0.25, 0.3) is 32.0 Å². The van der Waals surface area contributed by atoms with E-state index in [1.54, 1.807) is 84.9 Å². The van der Waals surface area contributed by atoms with E-state index < -0.39 is 45.0 Å². The molecule has 0 N–H and O–H groups in total. The molecule has 0 aliphatic heterocycles. The Hall–Kier alpha value is -6.08. The van der Waals surface area contributed by atoms with E-state index >= 15 is 26.3 Å². The van der Waals surface area contributed by atoms with Gasteiger partial charge in [0, 0.05) is 75.1 Å². The summed E-state index contributed by atoms with van der Waals surface area (Å²) in [6.07, 6.45) is 0. The molecule has 2 aromatic heterocycles. The SMILES string of the molecule is CN(C)c1ccc(C#Cc2sc(-c3ccccc3)cc2C2=C(c3cc(-c4ccccc4)sc3C#Cc3ccc([N+](=O)[O-])cc3)C(F)(F)C(F)(F)C2(F)F)cc1. The largest absolute Gasteiger partial charge is 0.380 e. The number of alkyl halides is 6. The van der Waals surface area contributed by atoms with Crippen LogP contribution in [0.15, 0.2) is 121 Å². The number of benzene rings is 4. The molecule has 0 unspecified atom stereocenters. The molecule has 55 heavy (non-hydrogen) atoms. The lowest BCUT2D eigenvalue weighted by Crippen LogP contribution is -2.48. The van der Waals surface area contributed by atoms with Crippen molar-refractivity contribution in [3.05, 3.63) is 163 Å². The highest BCUT2D eigenvalue weighted by molar-refractivity contribution is 7.16. The van der Waals surface area contributed by atoms with Crippen molar-refractivity contribution < 1.29 is 31.3 Å². The second-order valence-electron chi connectivity index (χ2n) is 12.7. The van der Waals surface area contributed by atoms with Gasteiger partial charge in [0.1, 0.15) is 0 Å². The fourth-order valence-corrected chi connectivity index (χ4v) is 8.08. The van der Waals surface area contributed by atoms with Crippen LogP contribution in [-0.2, 0) is 0 Å². The molecule has 1 aliphatic rings. The van der Waals surface area contributed by atoms with Crippen LogP contribution in [0.4, 0.5) is 37.7 Å². The third kappa shape index (κ3) is 6.80. The van der Waals surface area contributed by atoms with Gasteiger partial charge < -0.3 is 4.90 Å². The van der Waals surface area contributed by atoms with E-state index in [1.807, 2.05) is 19.0 Å². The number of nitro benzene ring substituents is 1. The monoisotopic (exact) mass is 780 g/mol. The second kappa shape index (κ2) is 14.3. The molecule has 0 saturated carbocycles. The number of halogens is 6. The summed E-state index contributed by atoms with van der Waals surface area (Å²) in [6, 6.07) is 31.4. The number of nitro groups is 1. The zero-order chi connectivity index (χ0) is 39.1. The van der Waals surface area contributed by atoms with Gasteiger partial charge in [-0.3, -0.25) is 10.1 Å². The van der Waals surface area contributed by atoms with Gasteiger partial charge in [0.15, 0.2) is 0 Å². The van der Waals surface area contributed by atoms with Crippen molar-refractivity contribution in [1.29, 1.82) is 0 Å². The van der Waals surface area contributed by atoms with Gasteiger partial charge in [-0.15, -0.1) is 22.7 Å². The third-order valence-electron chi connectivity index (χ3n) is 8.89. The predicted molar refractivity (Wildman–Crippen MR) is 207 cm³/mol. The molecule has 7 rings (SSSR count). The maximum Gasteiger partial charge on any atom is 0.380 e. The van der Waals surface area contributed by atoms with E-state index in [2.05, 4.69) is 23.7 Å². The van der Waals surface area contributed by atoms with Gasteiger partial charge in [0.25, 0.3) is 5.69 Å². The van der Waals surface area contributed by atoms with Gasteiger partial charge in [-0.2, -0.15) is 26.3 Å². The second-order valence-corrected chi connectivity index (χ2v) is 14.8. The minimum absolute atomic E-state index is 0.103. The Morgan fingerprint density at radius 1 is 0.582 bits per heavy atom. The molecule has 0 bridgehead atoms. The number of allylic oxidation sites excluding steroid dienone is 2. The molecule has 0 atom stereocenters. The molecule has 0 spiro atoms. The molecule has 4 nitrogen and oxygen atoms in total. The molecular formula is C43H26F6N2O2S2. The van der Waals surface area contributed by atoms with Crippen LogP contribution in [0.2, 0.25) is 0 Å². The number of non-ortho nitro benzene ring substituents is 1. The van der Waals surface area contributed by atoms with Crippen LogP contribution >= 0.6 is 22.7 Å². The highest BCUT2D eigenvalue weighted by Crippen LogP contribution is 2.66. The smallest absolute Gasteiger partial charge is 0.378 e. The van der Waals surface area contributed by atoms with Crippen LogP contribution in [0.1, 0.15) is 32.0 Å². The quantitative estimate of drug-likeness (QED) is 0.0732. The van der Waals surface area contributed by atoms with Crippen LogP contribution in [0.5, 0.6) is 0 Å². The maximum absolute atomic E-state index is 16.4. The zero-order valence-corrected chi connectivity index (χ0v) is 30.5. The molecular weight excluding hydrogens is 755 g/mol. The van der Waals surface area contributed by atoms with Crippen LogP contribution in [0, 0.1) is 33.8 Å².